The number of carbonyl (C=O) groups excluding carboxylic acids is 2. The maximum absolute atomic E-state index is 12.2. The Bertz CT molecular complexity index is 906. The number of hydrogen-bond donors (Lipinski definition) is 1. The molecule has 6 heteroatoms. The number of para-hydroxylation sites is 1. The van der Waals surface area contributed by atoms with E-state index in [4.69, 9.17) is 14.2 Å². The van der Waals surface area contributed by atoms with E-state index in [0.717, 1.165) is 23.2 Å². The number of anilines is 1. The maximum Gasteiger partial charge on any atom is 0.331 e. The van der Waals surface area contributed by atoms with Crippen LogP contribution in [0.5, 0.6) is 11.5 Å². The second kappa shape index (κ2) is 9.78. The predicted octanol–water partition coefficient (Wildman–Crippen LogP) is 4.17. The Morgan fingerprint density at radius 1 is 1.14 bits per heavy atom. The van der Waals surface area contributed by atoms with Crippen LogP contribution in [-0.4, -0.2) is 31.7 Å². The lowest BCUT2D eigenvalue weighted by Crippen LogP contribution is -2.21. The van der Waals surface area contributed by atoms with E-state index < -0.39 is 5.97 Å². The molecule has 3 rings (SSSR count). The van der Waals surface area contributed by atoms with Gasteiger partial charge < -0.3 is 19.5 Å². The van der Waals surface area contributed by atoms with Gasteiger partial charge in [0.05, 0.1) is 0 Å². The number of ether oxygens (including phenoxy) is 3. The molecule has 0 aromatic heterocycles. The van der Waals surface area contributed by atoms with Crippen LogP contribution >= 0.6 is 0 Å². The van der Waals surface area contributed by atoms with E-state index in [-0.39, 0.29) is 12.5 Å². The van der Waals surface area contributed by atoms with Gasteiger partial charge in [-0.15, -0.1) is 0 Å². The number of benzene rings is 2. The van der Waals surface area contributed by atoms with Gasteiger partial charge in [-0.2, -0.15) is 0 Å². The second-order valence-electron chi connectivity index (χ2n) is 6.79. The zero-order chi connectivity index (χ0) is 20.6. The van der Waals surface area contributed by atoms with Crippen LogP contribution in [0.1, 0.15) is 37.3 Å². The van der Waals surface area contributed by atoms with Crippen molar-refractivity contribution in [1.29, 1.82) is 0 Å². The largest absolute Gasteiger partial charge is 0.486 e. The molecule has 0 saturated carbocycles. The van der Waals surface area contributed by atoms with Crippen molar-refractivity contribution < 1.29 is 23.8 Å². The van der Waals surface area contributed by atoms with Gasteiger partial charge in [-0.05, 0) is 47.7 Å². The summed E-state index contributed by atoms with van der Waals surface area (Å²) in [7, 11) is 0. The van der Waals surface area contributed by atoms with E-state index in [2.05, 4.69) is 19.2 Å². The molecular weight excluding hydrogens is 370 g/mol. The number of rotatable bonds is 7. The molecule has 1 heterocycles. The summed E-state index contributed by atoms with van der Waals surface area (Å²) in [4.78, 5) is 24.1. The molecule has 2 aromatic rings. The first-order valence-electron chi connectivity index (χ1n) is 9.70. The third-order valence-corrected chi connectivity index (χ3v) is 4.70. The average Bonchev–Trinajstić information content (AvgIpc) is 2.76. The molecule has 0 saturated heterocycles. The van der Waals surface area contributed by atoms with Gasteiger partial charge in [0, 0.05) is 11.8 Å². The minimum atomic E-state index is -0.592. The summed E-state index contributed by atoms with van der Waals surface area (Å²) in [5.74, 6) is 0.687. The Kier molecular flexibility index (Phi) is 6.89. The molecule has 1 N–H and O–H groups in total. The van der Waals surface area contributed by atoms with Crippen LogP contribution in [0, 0.1) is 0 Å². The lowest BCUT2D eigenvalue weighted by molar-refractivity contribution is -0.142. The molecule has 1 atom stereocenters. The number of amides is 1. The molecule has 0 spiro atoms. The lowest BCUT2D eigenvalue weighted by Gasteiger charge is -2.18. The van der Waals surface area contributed by atoms with Gasteiger partial charge in [0.25, 0.3) is 5.91 Å². The van der Waals surface area contributed by atoms with Crippen molar-refractivity contribution in [2.45, 2.75) is 26.2 Å². The van der Waals surface area contributed by atoms with Gasteiger partial charge in [-0.3, -0.25) is 4.79 Å². The van der Waals surface area contributed by atoms with Crippen LogP contribution in [0.15, 0.2) is 48.5 Å². The Balaban J connectivity index is 1.52. The molecule has 1 aliphatic heterocycles. The summed E-state index contributed by atoms with van der Waals surface area (Å²) in [5.41, 5.74) is 2.58. The van der Waals surface area contributed by atoms with E-state index in [1.165, 1.54) is 6.08 Å². The van der Waals surface area contributed by atoms with E-state index in [1.54, 1.807) is 18.2 Å². The molecule has 0 aliphatic carbocycles. The number of carbonyl (C=O) groups is 2. The Morgan fingerprint density at radius 2 is 1.90 bits per heavy atom. The topological polar surface area (TPSA) is 73.9 Å². The molecule has 1 aliphatic rings. The van der Waals surface area contributed by atoms with E-state index in [1.807, 2.05) is 30.3 Å². The normalized spacial score (nSPS) is 13.7. The average molecular weight is 395 g/mol. The van der Waals surface area contributed by atoms with Crippen LogP contribution in [-0.2, 0) is 14.3 Å². The fourth-order valence-corrected chi connectivity index (χ4v) is 2.96. The first-order valence-corrected chi connectivity index (χ1v) is 9.70. The van der Waals surface area contributed by atoms with Crippen LogP contribution in [0.4, 0.5) is 5.69 Å². The zero-order valence-corrected chi connectivity index (χ0v) is 16.6. The first-order chi connectivity index (χ1) is 14.1. The molecule has 6 nitrogen and oxygen atoms in total. The highest BCUT2D eigenvalue weighted by Crippen LogP contribution is 2.31. The highest BCUT2D eigenvalue weighted by molar-refractivity contribution is 5.95. The standard InChI is InChI=1S/C23H25NO5/c1-3-16(2)18-6-4-5-7-19(18)24-22(25)15-29-23(26)11-9-17-8-10-20-21(14-17)28-13-12-27-20/h4-11,14,16H,3,12-13,15H2,1-2H3,(H,24,25)/b11-9+/t16-/m0/s1. The molecular formula is C23H25NO5. The van der Waals surface area contributed by atoms with Crippen LogP contribution in [0.2, 0.25) is 0 Å². The van der Waals surface area contributed by atoms with Crippen molar-refractivity contribution in [3.05, 3.63) is 59.7 Å². The van der Waals surface area contributed by atoms with Gasteiger partial charge >= 0.3 is 5.97 Å². The number of hydrogen-bond acceptors (Lipinski definition) is 5. The van der Waals surface area contributed by atoms with Gasteiger partial charge in [-0.25, -0.2) is 4.79 Å². The van der Waals surface area contributed by atoms with Crippen molar-refractivity contribution in [3.63, 3.8) is 0 Å². The van der Waals surface area contributed by atoms with Gasteiger partial charge in [0.1, 0.15) is 13.2 Å². The Morgan fingerprint density at radius 3 is 2.69 bits per heavy atom. The lowest BCUT2D eigenvalue weighted by atomic mass is 9.97. The molecule has 0 radical (unpaired) electrons. The highest BCUT2D eigenvalue weighted by Gasteiger charge is 2.13. The highest BCUT2D eigenvalue weighted by atomic mass is 16.6. The van der Waals surface area contributed by atoms with Crippen molar-refractivity contribution >= 4 is 23.6 Å². The van der Waals surface area contributed by atoms with Crippen molar-refractivity contribution in [3.8, 4) is 11.5 Å². The third kappa shape index (κ3) is 5.60. The molecule has 152 valence electrons. The third-order valence-electron chi connectivity index (χ3n) is 4.70. The first kappa shape index (κ1) is 20.5. The summed E-state index contributed by atoms with van der Waals surface area (Å²) in [6.07, 6.45) is 3.86. The number of fused-ring (bicyclic) bond motifs is 1. The summed E-state index contributed by atoms with van der Waals surface area (Å²) in [5, 5.41) is 2.82. The van der Waals surface area contributed by atoms with Gasteiger partial charge in [0.15, 0.2) is 18.1 Å². The Hall–Kier alpha value is -3.28. The van der Waals surface area contributed by atoms with Crippen LogP contribution in [0.3, 0.4) is 0 Å². The smallest absolute Gasteiger partial charge is 0.331 e. The molecule has 0 unspecified atom stereocenters. The maximum atomic E-state index is 12.2. The Labute approximate surface area is 170 Å². The summed E-state index contributed by atoms with van der Waals surface area (Å²) in [6, 6.07) is 13.0. The van der Waals surface area contributed by atoms with Crippen molar-refractivity contribution in [1.82, 2.24) is 0 Å². The molecule has 0 fully saturated rings. The zero-order valence-electron chi connectivity index (χ0n) is 16.6. The van der Waals surface area contributed by atoms with E-state index in [9.17, 15) is 9.59 Å². The minimum absolute atomic E-state index is 0.322. The van der Waals surface area contributed by atoms with Gasteiger partial charge in [-0.1, -0.05) is 38.1 Å². The van der Waals surface area contributed by atoms with E-state index in [0.29, 0.717) is 30.6 Å². The van der Waals surface area contributed by atoms with Gasteiger partial charge in [0.2, 0.25) is 0 Å². The van der Waals surface area contributed by atoms with Crippen molar-refractivity contribution in [2.24, 2.45) is 0 Å². The summed E-state index contributed by atoms with van der Waals surface area (Å²) in [6.45, 7) is 4.88. The quantitative estimate of drug-likeness (QED) is 0.563. The summed E-state index contributed by atoms with van der Waals surface area (Å²) >= 11 is 0. The fourth-order valence-electron chi connectivity index (χ4n) is 2.96. The molecule has 0 bridgehead atoms. The van der Waals surface area contributed by atoms with E-state index >= 15 is 0 Å². The van der Waals surface area contributed by atoms with Crippen LogP contribution in [0.25, 0.3) is 6.08 Å². The molecule has 29 heavy (non-hydrogen) atoms. The molecule has 1 amide bonds. The number of esters is 1. The van der Waals surface area contributed by atoms with Crippen LogP contribution < -0.4 is 14.8 Å². The monoisotopic (exact) mass is 395 g/mol. The second-order valence-corrected chi connectivity index (χ2v) is 6.79. The molecule has 2 aromatic carbocycles. The fraction of sp³-hybridized carbons (Fsp3) is 0.304. The predicted molar refractivity (Wildman–Crippen MR) is 111 cm³/mol. The minimum Gasteiger partial charge on any atom is -0.486 e. The number of nitrogens with one attached hydrogen (secondary N) is 1. The summed E-state index contributed by atoms with van der Waals surface area (Å²) < 4.78 is 16.0. The SMILES string of the molecule is CC[C@H](C)c1ccccc1NC(=O)COC(=O)/C=C/c1ccc2c(c1)OCCO2. The van der Waals surface area contributed by atoms with Crippen molar-refractivity contribution in [2.75, 3.05) is 25.1 Å².